The van der Waals surface area contributed by atoms with E-state index in [1.165, 1.54) is 12.8 Å². The van der Waals surface area contributed by atoms with Crippen LogP contribution in [-0.2, 0) is 0 Å². The molecule has 6 rings (SSSR count). The zero-order valence-electron chi connectivity index (χ0n) is 15.0. The molecule has 1 aromatic heterocycles. The topological polar surface area (TPSA) is 53.1 Å². The van der Waals surface area contributed by atoms with Crippen molar-refractivity contribution in [2.75, 3.05) is 36.4 Å². The van der Waals surface area contributed by atoms with Crippen molar-refractivity contribution in [3.63, 3.8) is 0 Å². The highest BCUT2D eigenvalue weighted by molar-refractivity contribution is 5.44. The second-order valence-electron chi connectivity index (χ2n) is 9.18. The Hall–Kier alpha value is -1.36. The molecule has 0 amide bonds. The molecule has 2 N–H and O–H groups in total. The van der Waals surface area contributed by atoms with Crippen LogP contribution in [0.25, 0.3) is 0 Å². The van der Waals surface area contributed by atoms with E-state index in [9.17, 15) is 0 Å². The lowest BCUT2D eigenvalue weighted by Gasteiger charge is -2.50. The molecule has 0 spiro atoms. The van der Waals surface area contributed by atoms with Crippen LogP contribution in [-0.4, -0.2) is 42.2 Å². The molecule has 1 aliphatic heterocycles. The smallest absolute Gasteiger partial charge is 0.224 e. The normalized spacial score (nSPS) is 42.0. The Morgan fingerprint density at radius 2 is 2.04 bits per heavy atom. The number of anilines is 2. The monoisotopic (exact) mass is 327 g/mol. The standard InChI is InChI=1S/C19H29N5/c1-18(2)12-10-14(18)19(3)11-13(16(12)19)22-17-21-5-4-15(23-17)24-8-6-20-7-9-24/h4-5,12-14,16,20H,6-11H2,1-3H3,(H,21,22,23)/t12-,13-,14-,16-,19+/m0/s1. The van der Waals surface area contributed by atoms with Crippen LogP contribution in [0.3, 0.4) is 0 Å². The van der Waals surface area contributed by atoms with Crippen LogP contribution < -0.4 is 15.5 Å². The predicted octanol–water partition coefficient (Wildman–Crippen LogP) is 2.37. The fourth-order valence-electron chi connectivity index (χ4n) is 6.63. The predicted molar refractivity (Wildman–Crippen MR) is 96.1 cm³/mol. The summed E-state index contributed by atoms with van der Waals surface area (Å²) in [5.41, 5.74) is 1.10. The molecule has 5 fully saturated rings. The molecule has 2 bridgehead atoms. The Kier molecular flexibility index (Phi) is 3.01. The first-order valence-corrected chi connectivity index (χ1v) is 9.55. The maximum atomic E-state index is 4.81. The Balaban J connectivity index is 1.31. The third kappa shape index (κ3) is 1.85. The van der Waals surface area contributed by atoms with Crippen molar-refractivity contribution in [1.29, 1.82) is 0 Å². The van der Waals surface area contributed by atoms with Crippen LogP contribution in [0.5, 0.6) is 0 Å². The van der Waals surface area contributed by atoms with Gasteiger partial charge in [-0.15, -0.1) is 0 Å². The van der Waals surface area contributed by atoms with Gasteiger partial charge in [0.05, 0.1) is 0 Å². The first-order valence-electron chi connectivity index (χ1n) is 9.55. The van der Waals surface area contributed by atoms with Gasteiger partial charge in [0.2, 0.25) is 5.95 Å². The van der Waals surface area contributed by atoms with Crippen LogP contribution in [0.15, 0.2) is 12.3 Å². The van der Waals surface area contributed by atoms with Gasteiger partial charge in [0.1, 0.15) is 5.82 Å². The van der Waals surface area contributed by atoms with Crippen LogP contribution in [0.4, 0.5) is 11.8 Å². The van der Waals surface area contributed by atoms with Gasteiger partial charge in [-0.05, 0) is 47.5 Å². The molecule has 1 aromatic rings. The highest BCUT2D eigenvalue weighted by Crippen LogP contribution is 2.79. The Bertz CT molecular complexity index is 653. The van der Waals surface area contributed by atoms with E-state index in [-0.39, 0.29) is 0 Å². The van der Waals surface area contributed by atoms with E-state index in [0.717, 1.165) is 55.7 Å². The third-order valence-electron chi connectivity index (χ3n) is 7.82. The molecule has 5 heteroatoms. The molecule has 5 atom stereocenters. The molecular formula is C19H29N5. The van der Waals surface area contributed by atoms with Crippen molar-refractivity contribution in [1.82, 2.24) is 15.3 Å². The maximum Gasteiger partial charge on any atom is 0.224 e. The fourth-order valence-corrected chi connectivity index (χ4v) is 6.63. The molecule has 24 heavy (non-hydrogen) atoms. The van der Waals surface area contributed by atoms with Crippen LogP contribution >= 0.6 is 0 Å². The lowest BCUT2D eigenvalue weighted by atomic mass is 9.57. The molecule has 4 saturated carbocycles. The summed E-state index contributed by atoms with van der Waals surface area (Å²) in [6, 6.07) is 2.60. The van der Waals surface area contributed by atoms with Crippen LogP contribution in [0.2, 0.25) is 0 Å². The molecule has 5 aliphatic rings. The number of nitrogens with zero attached hydrogens (tertiary/aromatic N) is 3. The summed E-state index contributed by atoms with van der Waals surface area (Å²) in [4.78, 5) is 11.7. The first-order chi connectivity index (χ1) is 11.5. The van der Waals surface area contributed by atoms with Crippen molar-refractivity contribution in [2.45, 2.75) is 39.7 Å². The second-order valence-corrected chi connectivity index (χ2v) is 9.18. The number of hydrogen-bond acceptors (Lipinski definition) is 5. The van der Waals surface area contributed by atoms with Gasteiger partial charge >= 0.3 is 0 Å². The molecular weight excluding hydrogens is 298 g/mol. The summed E-state index contributed by atoms with van der Waals surface area (Å²) in [5.74, 6) is 4.50. The van der Waals surface area contributed by atoms with Crippen molar-refractivity contribution < 1.29 is 0 Å². The highest BCUT2D eigenvalue weighted by atomic mass is 15.3. The highest BCUT2D eigenvalue weighted by Gasteiger charge is 2.75. The number of piperazine rings is 1. The molecule has 2 heterocycles. The Morgan fingerprint density at radius 1 is 1.25 bits per heavy atom. The summed E-state index contributed by atoms with van der Waals surface area (Å²) in [7, 11) is 0. The summed E-state index contributed by atoms with van der Waals surface area (Å²) in [6.07, 6.45) is 4.63. The average molecular weight is 327 g/mol. The third-order valence-corrected chi connectivity index (χ3v) is 7.82. The van der Waals surface area contributed by atoms with E-state index in [1.54, 1.807) is 0 Å². The lowest BCUT2D eigenvalue weighted by Crippen LogP contribution is -2.51. The second kappa shape index (κ2) is 4.84. The molecule has 1 saturated heterocycles. The molecule has 130 valence electrons. The van der Waals surface area contributed by atoms with Gasteiger partial charge in [0.15, 0.2) is 0 Å². The molecule has 0 aromatic carbocycles. The minimum absolute atomic E-state index is 0.541. The zero-order valence-corrected chi connectivity index (χ0v) is 15.0. The molecule has 4 aliphatic carbocycles. The van der Waals surface area contributed by atoms with Gasteiger partial charge in [-0.2, -0.15) is 4.98 Å². The van der Waals surface area contributed by atoms with Gasteiger partial charge in [0.25, 0.3) is 0 Å². The van der Waals surface area contributed by atoms with Crippen molar-refractivity contribution in [3.8, 4) is 0 Å². The molecule has 0 unspecified atom stereocenters. The lowest BCUT2D eigenvalue weighted by molar-refractivity contribution is 0.0123. The summed E-state index contributed by atoms with van der Waals surface area (Å²) < 4.78 is 0. The van der Waals surface area contributed by atoms with Crippen molar-refractivity contribution >= 4 is 11.8 Å². The minimum Gasteiger partial charge on any atom is -0.354 e. The van der Waals surface area contributed by atoms with Crippen molar-refractivity contribution in [2.24, 2.45) is 28.6 Å². The van der Waals surface area contributed by atoms with Gasteiger partial charge in [-0.1, -0.05) is 20.8 Å². The van der Waals surface area contributed by atoms with Crippen LogP contribution in [0, 0.1) is 28.6 Å². The summed E-state index contributed by atoms with van der Waals surface area (Å²) in [5, 5.41) is 7.08. The average Bonchev–Trinajstić information content (AvgIpc) is 2.91. The van der Waals surface area contributed by atoms with Gasteiger partial charge in [-0.3, -0.25) is 0 Å². The first kappa shape index (κ1) is 14.9. The molecule has 0 radical (unpaired) electrons. The van der Waals surface area contributed by atoms with Gasteiger partial charge < -0.3 is 15.5 Å². The SMILES string of the molecule is CC1(C)[C@H]2C[C@@H]1[C@@]1(C)C[C@H](Nc3nccc(N4CCNCC4)n3)[C@H]21. The van der Waals surface area contributed by atoms with E-state index in [4.69, 9.17) is 4.98 Å². The van der Waals surface area contributed by atoms with E-state index in [0.29, 0.717) is 16.9 Å². The number of rotatable bonds is 3. The van der Waals surface area contributed by atoms with Gasteiger partial charge in [0, 0.05) is 38.4 Å². The van der Waals surface area contributed by atoms with Crippen molar-refractivity contribution in [3.05, 3.63) is 12.3 Å². The van der Waals surface area contributed by atoms with E-state index in [2.05, 4.69) is 41.3 Å². The summed E-state index contributed by atoms with van der Waals surface area (Å²) >= 11 is 0. The quantitative estimate of drug-likeness (QED) is 0.893. The number of aromatic nitrogens is 2. The van der Waals surface area contributed by atoms with E-state index < -0.39 is 0 Å². The maximum absolute atomic E-state index is 4.81. The van der Waals surface area contributed by atoms with Gasteiger partial charge in [-0.25, -0.2) is 4.98 Å². The number of nitrogens with one attached hydrogen (secondary N) is 2. The number of hydrogen-bond donors (Lipinski definition) is 2. The van der Waals surface area contributed by atoms with E-state index in [1.807, 2.05) is 12.3 Å². The minimum atomic E-state index is 0.541. The fraction of sp³-hybridized carbons (Fsp3) is 0.789. The Morgan fingerprint density at radius 3 is 2.75 bits per heavy atom. The summed E-state index contributed by atoms with van der Waals surface area (Å²) in [6.45, 7) is 11.6. The van der Waals surface area contributed by atoms with E-state index >= 15 is 0 Å². The largest absolute Gasteiger partial charge is 0.354 e. The van der Waals surface area contributed by atoms with Crippen LogP contribution in [0.1, 0.15) is 33.6 Å². The Labute approximate surface area is 144 Å². The molecule has 5 nitrogen and oxygen atoms in total. The zero-order chi connectivity index (χ0) is 16.5.